The van der Waals surface area contributed by atoms with Crippen molar-refractivity contribution in [2.45, 2.75) is 20.0 Å². The van der Waals surface area contributed by atoms with E-state index in [0.717, 1.165) is 23.5 Å². The van der Waals surface area contributed by atoms with Crippen molar-refractivity contribution in [3.05, 3.63) is 63.6 Å². The van der Waals surface area contributed by atoms with Crippen LogP contribution in [0.2, 0.25) is 0 Å². The van der Waals surface area contributed by atoms with E-state index in [2.05, 4.69) is 27.3 Å². The maximum atomic E-state index is 12.3. The molecule has 132 valence electrons. The molecule has 1 aromatic carbocycles. The number of hydrogen-bond acceptors (Lipinski definition) is 4. The normalized spacial score (nSPS) is 17.4. The van der Waals surface area contributed by atoms with Crippen LogP contribution in [0.1, 0.15) is 21.6 Å². The topological polar surface area (TPSA) is 74.4 Å². The smallest absolute Gasteiger partial charge is 0.261 e. The number of H-pyrrole nitrogens is 1. The van der Waals surface area contributed by atoms with Gasteiger partial charge in [-0.05, 0) is 37.6 Å². The highest BCUT2D eigenvalue weighted by atomic mass is 16.5. The van der Waals surface area contributed by atoms with Gasteiger partial charge in [0, 0.05) is 31.0 Å². The van der Waals surface area contributed by atoms with Crippen molar-refractivity contribution in [3.8, 4) is 0 Å². The van der Waals surface area contributed by atoms with Gasteiger partial charge in [0.25, 0.3) is 11.5 Å². The van der Waals surface area contributed by atoms with E-state index < -0.39 is 0 Å². The van der Waals surface area contributed by atoms with Crippen LogP contribution in [0.15, 0.2) is 41.2 Å². The van der Waals surface area contributed by atoms with Crippen LogP contribution in [0.3, 0.4) is 0 Å². The predicted octanol–water partition coefficient (Wildman–Crippen LogP) is 1.63. The van der Waals surface area contributed by atoms with E-state index in [4.69, 9.17) is 4.74 Å². The fourth-order valence-corrected chi connectivity index (χ4v) is 2.91. The Kier molecular flexibility index (Phi) is 5.19. The minimum atomic E-state index is -0.371. The number of aryl methyl sites for hydroxylation is 2. The van der Waals surface area contributed by atoms with Crippen LogP contribution >= 0.6 is 0 Å². The van der Waals surface area contributed by atoms with Crippen molar-refractivity contribution in [2.75, 3.05) is 31.1 Å². The van der Waals surface area contributed by atoms with E-state index >= 15 is 0 Å². The quantitative estimate of drug-likeness (QED) is 0.886. The van der Waals surface area contributed by atoms with E-state index in [9.17, 15) is 9.59 Å². The molecule has 2 heterocycles. The summed E-state index contributed by atoms with van der Waals surface area (Å²) in [6.07, 6.45) is -0.108. The first-order valence-corrected chi connectivity index (χ1v) is 8.45. The number of nitrogens with one attached hydrogen (secondary N) is 2. The molecule has 2 N–H and O–H groups in total. The number of carbonyl (C=O) groups excluding carboxylic acids is 1. The van der Waals surface area contributed by atoms with Gasteiger partial charge in [-0.3, -0.25) is 9.59 Å². The van der Waals surface area contributed by atoms with Crippen LogP contribution in [-0.2, 0) is 4.74 Å². The second-order valence-corrected chi connectivity index (χ2v) is 6.30. The van der Waals surface area contributed by atoms with Crippen molar-refractivity contribution in [1.29, 1.82) is 0 Å². The molecule has 6 heteroatoms. The van der Waals surface area contributed by atoms with Gasteiger partial charge < -0.3 is 19.9 Å². The Morgan fingerprint density at radius 3 is 2.84 bits per heavy atom. The number of aromatic nitrogens is 1. The second kappa shape index (κ2) is 7.53. The lowest BCUT2D eigenvalue weighted by Crippen LogP contribution is -2.48. The zero-order valence-electron chi connectivity index (χ0n) is 14.5. The van der Waals surface area contributed by atoms with Crippen molar-refractivity contribution in [1.82, 2.24) is 10.3 Å². The van der Waals surface area contributed by atoms with Crippen molar-refractivity contribution in [3.63, 3.8) is 0 Å². The van der Waals surface area contributed by atoms with Crippen molar-refractivity contribution < 1.29 is 9.53 Å². The average molecular weight is 341 g/mol. The standard InChI is InChI=1S/C19H23N3O3/c1-13-10-17(19(24)21-14(13)2)18(23)20-11-16-12-22(8-9-25-16)15-6-4-3-5-7-15/h3-7,10,16H,8-9,11-12H2,1-2H3,(H,20,23)(H,21,24)/t16-/m1/s1. The van der Waals surface area contributed by atoms with Gasteiger partial charge in [0.05, 0.1) is 12.7 Å². The zero-order valence-corrected chi connectivity index (χ0v) is 14.5. The minimum absolute atomic E-state index is 0.108. The van der Waals surface area contributed by atoms with Crippen LogP contribution in [0.5, 0.6) is 0 Å². The molecule has 1 atom stereocenters. The number of para-hydroxylation sites is 1. The van der Waals surface area contributed by atoms with Crippen molar-refractivity contribution in [2.24, 2.45) is 0 Å². The van der Waals surface area contributed by atoms with E-state index in [1.54, 1.807) is 6.07 Å². The summed E-state index contributed by atoms with van der Waals surface area (Å²) in [7, 11) is 0. The lowest BCUT2D eigenvalue weighted by Gasteiger charge is -2.34. The summed E-state index contributed by atoms with van der Waals surface area (Å²) >= 11 is 0. The largest absolute Gasteiger partial charge is 0.373 e. The third kappa shape index (κ3) is 4.09. The van der Waals surface area contributed by atoms with Crippen LogP contribution in [0.25, 0.3) is 0 Å². The Morgan fingerprint density at radius 2 is 2.08 bits per heavy atom. The summed E-state index contributed by atoms with van der Waals surface area (Å²) in [5.41, 5.74) is 2.58. The number of pyridine rings is 1. The zero-order chi connectivity index (χ0) is 17.8. The number of hydrogen-bond donors (Lipinski definition) is 2. The summed E-state index contributed by atoms with van der Waals surface area (Å²) < 4.78 is 5.75. The van der Waals surface area contributed by atoms with Gasteiger partial charge in [0.15, 0.2) is 0 Å². The van der Waals surface area contributed by atoms with Gasteiger partial charge in [0.1, 0.15) is 5.56 Å². The molecule has 1 amide bonds. The molecule has 6 nitrogen and oxygen atoms in total. The first-order valence-electron chi connectivity index (χ1n) is 8.45. The number of benzene rings is 1. The summed E-state index contributed by atoms with van der Waals surface area (Å²) in [5.74, 6) is -0.371. The molecular weight excluding hydrogens is 318 g/mol. The van der Waals surface area contributed by atoms with Crippen LogP contribution in [0, 0.1) is 13.8 Å². The molecule has 0 saturated carbocycles. The second-order valence-electron chi connectivity index (χ2n) is 6.30. The fraction of sp³-hybridized carbons (Fsp3) is 0.368. The summed E-state index contributed by atoms with van der Waals surface area (Å²) in [6.45, 7) is 6.18. The third-order valence-corrected chi connectivity index (χ3v) is 4.49. The summed E-state index contributed by atoms with van der Waals surface area (Å²) in [5, 5.41) is 2.82. The molecule has 1 fully saturated rings. The Hall–Kier alpha value is -2.60. The first kappa shape index (κ1) is 17.2. The lowest BCUT2D eigenvalue weighted by atomic mass is 10.1. The molecule has 0 spiro atoms. The van der Waals surface area contributed by atoms with E-state index in [-0.39, 0.29) is 23.1 Å². The van der Waals surface area contributed by atoms with Crippen LogP contribution in [-0.4, -0.2) is 43.2 Å². The van der Waals surface area contributed by atoms with Gasteiger partial charge in [-0.25, -0.2) is 0 Å². The highest BCUT2D eigenvalue weighted by molar-refractivity contribution is 5.94. The van der Waals surface area contributed by atoms with Gasteiger partial charge in [-0.1, -0.05) is 18.2 Å². The molecule has 1 aliphatic rings. The van der Waals surface area contributed by atoms with Gasteiger partial charge >= 0.3 is 0 Å². The number of carbonyl (C=O) groups is 1. The molecule has 2 aromatic rings. The minimum Gasteiger partial charge on any atom is -0.373 e. The molecule has 0 radical (unpaired) electrons. The maximum Gasteiger partial charge on any atom is 0.261 e. The molecule has 0 bridgehead atoms. The molecular formula is C19H23N3O3. The number of nitrogens with zero attached hydrogens (tertiary/aromatic N) is 1. The number of rotatable bonds is 4. The monoisotopic (exact) mass is 341 g/mol. The number of anilines is 1. The number of ether oxygens (including phenoxy) is 1. The van der Waals surface area contributed by atoms with E-state index in [1.807, 2.05) is 32.0 Å². The number of amides is 1. The molecule has 1 saturated heterocycles. The Balaban J connectivity index is 1.61. The highest BCUT2D eigenvalue weighted by Crippen LogP contribution is 2.16. The number of morpholine rings is 1. The molecule has 0 unspecified atom stereocenters. The number of aromatic amines is 1. The molecule has 3 rings (SSSR count). The van der Waals surface area contributed by atoms with E-state index in [0.29, 0.717) is 19.7 Å². The van der Waals surface area contributed by atoms with Gasteiger partial charge in [0.2, 0.25) is 0 Å². The van der Waals surface area contributed by atoms with Crippen LogP contribution in [0.4, 0.5) is 5.69 Å². The molecule has 25 heavy (non-hydrogen) atoms. The van der Waals surface area contributed by atoms with Crippen molar-refractivity contribution >= 4 is 11.6 Å². The Bertz CT molecular complexity index is 801. The van der Waals surface area contributed by atoms with E-state index in [1.165, 1.54) is 0 Å². The average Bonchev–Trinajstić information content (AvgIpc) is 2.64. The molecule has 1 aliphatic heterocycles. The molecule has 0 aliphatic carbocycles. The summed E-state index contributed by atoms with van der Waals surface area (Å²) in [6, 6.07) is 11.8. The Morgan fingerprint density at radius 1 is 1.32 bits per heavy atom. The third-order valence-electron chi connectivity index (χ3n) is 4.49. The Labute approximate surface area is 146 Å². The predicted molar refractivity (Wildman–Crippen MR) is 97.3 cm³/mol. The summed E-state index contributed by atoms with van der Waals surface area (Å²) in [4.78, 5) is 29.2. The van der Waals surface area contributed by atoms with Gasteiger partial charge in [-0.2, -0.15) is 0 Å². The highest BCUT2D eigenvalue weighted by Gasteiger charge is 2.22. The van der Waals surface area contributed by atoms with Gasteiger partial charge in [-0.15, -0.1) is 0 Å². The fourth-order valence-electron chi connectivity index (χ4n) is 2.91. The maximum absolute atomic E-state index is 12.3. The molecule has 1 aromatic heterocycles. The lowest BCUT2D eigenvalue weighted by molar-refractivity contribution is 0.0397. The SMILES string of the molecule is Cc1cc(C(=O)NC[C@@H]2CN(c3ccccc3)CCO2)c(=O)[nH]c1C. The first-order chi connectivity index (χ1) is 12.0. The van der Waals surface area contributed by atoms with Crippen LogP contribution < -0.4 is 15.8 Å².